The van der Waals surface area contributed by atoms with Gasteiger partial charge in [0.05, 0.1) is 17.3 Å². The number of thiazole rings is 1. The largest absolute Gasteiger partial charge is 0.378 e. The van der Waals surface area contributed by atoms with Crippen molar-refractivity contribution < 1.29 is 4.74 Å². The van der Waals surface area contributed by atoms with Gasteiger partial charge in [0.2, 0.25) is 0 Å². The van der Waals surface area contributed by atoms with E-state index in [1.807, 2.05) is 11.3 Å². The fourth-order valence-corrected chi connectivity index (χ4v) is 4.53. The van der Waals surface area contributed by atoms with Gasteiger partial charge in [-0.15, -0.1) is 11.3 Å². The Morgan fingerprint density at radius 1 is 1.39 bits per heavy atom. The molecule has 0 atom stereocenters. The molecular formula is C14H22N2OS. The minimum Gasteiger partial charge on any atom is -0.378 e. The van der Waals surface area contributed by atoms with Crippen LogP contribution in [0.2, 0.25) is 0 Å². The van der Waals surface area contributed by atoms with Gasteiger partial charge in [-0.25, -0.2) is 4.98 Å². The quantitative estimate of drug-likeness (QED) is 0.889. The molecule has 2 aliphatic rings. The molecule has 1 N–H and O–H groups in total. The summed E-state index contributed by atoms with van der Waals surface area (Å²) in [5.74, 6) is 0. The molecule has 3 rings (SSSR count). The molecule has 0 unspecified atom stereocenters. The number of rotatable bonds is 5. The van der Waals surface area contributed by atoms with Gasteiger partial charge in [-0.3, -0.25) is 0 Å². The summed E-state index contributed by atoms with van der Waals surface area (Å²) in [6.45, 7) is 6.08. The van der Waals surface area contributed by atoms with Crippen molar-refractivity contribution in [1.82, 2.24) is 10.3 Å². The lowest BCUT2D eigenvalue weighted by atomic mass is 9.74. The summed E-state index contributed by atoms with van der Waals surface area (Å²) in [4.78, 5) is 6.43. The van der Waals surface area contributed by atoms with Gasteiger partial charge in [0.1, 0.15) is 5.01 Å². The zero-order valence-electron chi connectivity index (χ0n) is 11.3. The van der Waals surface area contributed by atoms with E-state index in [9.17, 15) is 0 Å². The average Bonchev–Trinajstić information content (AvgIpc) is 2.86. The SMILES string of the molecule is CCNC1(c2nc3c(s2)CCC3)CC(OCC)C1. The standard InChI is InChI=1S/C14H22N2OS/c1-3-15-14(8-10(9-14)17-4-2)13-16-11-6-5-7-12(11)18-13/h10,15H,3-9H2,1-2H3. The lowest BCUT2D eigenvalue weighted by Crippen LogP contribution is -2.55. The van der Waals surface area contributed by atoms with Crippen molar-refractivity contribution in [1.29, 1.82) is 0 Å². The molecule has 2 aliphatic carbocycles. The molecule has 3 nitrogen and oxygen atoms in total. The lowest BCUT2D eigenvalue weighted by Gasteiger charge is -2.46. The lowest BCUT2D eigenvalue weighted by molar-refractivity contribution is -0.0531. The van der Waals surface area contributed by atoms with E-state index in [1.165, 1.54) is 34.8 Å². The Balaban J connectivity index is 1.78. The fraction of sp³-hybridized carbons (Fsp3) is 0.786. The first kappa shape index (κ1) is 12.6. The fourth-order valence-electron chi connectivity index (χ4n) is 3.20. The van der Waals surface area contributed by atoms with Gasteiger partial charge < -0.3 is 10.1 Å². The Morgan fingerprint density at radius 3 is 2.89 bits per heavy atom. The molecule has 0 amide bonds. The molecule has 0 radical (unpaired) electrons. The molecule has 1 aromatic heterocycles. The molecule has 4 heteroatoms. The summed E-state index contributed by atoms with van der Waals surface area (Å²) in [6.07, 6.45) is 6.31. The number of fused-ring (bicyclic) bond motifs is 1. The van der Waals surface area contributed by atoms with E-state index < -0.39 is 0 Å². The highest BCUT2D eigenvalue weighted by Gasteiger charge is 2.48. The second-order valence-corrected chi connectivity index (χ2v) is 6.42. The highest BCUT2D eigenvalue weighted by Crippen LogP contribution is 2.46. The predicted octanol–water partition coefficient (Wildman–Crippen LogP) is 2.64. The third kappa shape index (κ3) is 2.00. The molecule has 1 heterocycles. The molecule has 1 aromatic rings. The van der Waals surface area contributed by atoms with Crippen molar-refractivity contribution in [3.63, 3.8) is 0 Å². The summed E-state index contributed by atoms with van der Waals surface area (Å²) in [6, 6.07) is 0. The van der Waals surface area contributed by atoms with Gasteiger partial charge in [-0.2, -0.15) is 0 Å². The number of ether oxygens (including phenoxy) is 1. The molecule has 1 saturated carbocycles. The van der Waals surface area contributed by atoms with E-state index in [0.717, 1.165) is 26.0 Å². The first-order chi connectivity index (χ1) is 8.77. The summed E-state index contributed by atoms with van der Waals surface area (Å²) in [7, 11) is 0. The van der Waals surface area contributed by atoms with Gasteiger partial charge >= 0.3 is 0 Å². The van der Waals surface area contributed by atoms with Gasteiger partial charge in [0, 0.05) is 11.5 Å². The second kappa shape index (κ2) is 4.91. The van der Waals surface area contributed by atoms with Crippen molar-refractivity contribution in [2.75, 3.05) is 13.2 Å². The molecule has 0 aromatic carbocycles. The van der Waals surface area contributed by atoms with Gasteiger partial charge in [-0.1, -0.05) is 6.92 Å². The minimum absolute atomic E-state index is 0.115. The van der Waals surface area contributed by atoms with Crippen molar-refractivity contribution in [3.8, 4) is 0 Å². The molecule has 0 saturated heterocycles. The average molecular weight is 266 g/mol. The van der Waals surface area contributed by atoms with Gasteiger partial charge in [0.15, 0.2) is 0 Å². The maximum atomic E-state index is 5.72. The smallest absolute Gasteiger partial charge is 0.113 e. The predicted molar refractivity (Wildman–Crippen MR) is 74.1 cm³/mol. The van der Waals surface area contributed by atoms with Crippen LogP contribution in [0.15, 0.2) is 0 Å². The Morgan fingerprint density at radius 2 is 2.22 bits per heavy atom. The third-order valence-corrected chi connectivity index (χ3v) is 5.44. The number of hydrogen-bond donors (Lipinski definition) is 1. The van der Waals surface area contributed by atoms with E-state index in [0.29, 0.717) is 6.10 Å². The first-order valence-electron chi connectivity index (χ1n) is 7.13. The molecule has 100 valence electrons. The van der Waals surface area contributed by atoms with E-state index in [4.69, 9.17) is 9.72 Å². The Labute approximate surface area is 113 Å². The summed E-state index contributed by atoms with van der Waals surface area (Å²) >= 11 is 1.94. The molecular weight excluding hydrogens is 244 g/mol. The normalized spacial score (nSPS) is 30.2. The first-order valence-corrected chi connectivity index (χ1v) is 7.94. The number of aryl methyl sites for hydroxylation is 2. The molecule has 1 fully saturated rings. The van der Waals surface area contributed by atoms with Crippen LogP contribution in [0, 0.1) is 0 Å². The van der Waals surface area contributed by atoms with Crippen molar-refractivity contribution in [3.05, 3.63) is 15.6 Å². The summed E-state index contributed by atoms with van der Waals surface area (Å²) in [5.41, 5.74) is 1.48. The Kier molecular flexibility index (Phi) is 3.43. The molecule has 18 heavy (non-hydrogen) atoms. The van der Waals surface area contributed by atoms with Crippen LogP contribution in [-0.4, -0.2) is 24.2 Å². The van der Waals surface area contributed by atoms with Crippen LogP contribution in [0.4, 0.5) is 0 Å². The van der Waals surface area contributed by atoms with Crippen LogP contribution in [0.3, 0.4) is 0 Å². The van der Waals surface area contributed by atoms with E-state index >= 15 is 0 Å². The number of aromatic nitrogens is 1. The van der Waals surface area contributed by atoms with E-state index in [2.05, 4.69) is 19.2 Å². The van der Waals surface area contributed by atoms with Crippen LogP contribution in [-0.2, 0) is 23.1 Å². The Hall–Kier alpha value is -0.450. The summed E-state index contributed by atoms with van der Waals surface area (Å²) < 4.78 is 5.72. The van der Waals surface area contributed by atoms with Gasteiger partial charge in [-0.05, 0) is 45.6 Å². The zero-order chi connectivity index (χ0) is 12.6. The van der Waals surface area contributed by atoms with E-state index in [1.54, 1.807) is 0 Å². The van der Waals surface area contributed by atoms with Crippen molar-refractivity contribution >= 4 is 11.3 Å². The number of nitrogens with zero attached hydrogens (tertiary/aromatic N) is 1. The monoisotopic (exact) mass is 266 g/mol. The second-order valence-electron chi connectivity index (χ2n) is 5.34. The maximum absolute atomic E-state index is 5.72. The van der Waals surface area contributed by atoms with Crippen molar-refractivity contribution in [2.24, 2.45) is 0 Å². The number of nitrogens with one attached hydrogen (secondary N) is 1. The zero-order valence-corrected chi connectivity index (χ0v) is 12.1. The minimum atomic E-state index is 0.115. The number of hydrogen-bond acceptors (Lipinski definition) is 4. The summed E-state index contributed by atoms with van der Waals surface area (Å²) in [5, 5.41) is 4.97. The molecule has 0 aliphatic heterocycles. The third-order valence-electron chi connectivity index (χ3n) is 4.07. The van der Waals surface area contributed by atoms with Crippen LogP contribution < -0.4 is 5.32 Å². The molecule has 0 spiro atoms. The van der Waals surface area contributed by atoms with Crippen molar-refractivity contribution in [2.45, 2.75) is 57.6 Å². The van der Waals surface area contributed by atoms with E-state index in [-0.39, 0.29) is 5.54 Å². The van der Waals surface area contributed by atoms with Crippen LogP contribution in [0.25, 0.3) is 0 Å². The van der Waals surface area contributed by atoms with Crippen LogP contribution in [0.5, 0.6) is 0 Å². The maximum Gasteiger partial charge on any atom is 0.113 e. The Bertz CT molecular complexity index is 402. The highest BCUT2D eigenvalue weighted by molar-refractivity contribution is 7.12. The topological polar surface area (TPSA) is 34.2 Å². The van der Waals surface area contributed by atoms with Crippen LogP contribution >= 0.6 is 11.3 Å². The van der Waals surface area contributed by atoms with Gasteiger partial charge in [0.25, 0.3) is 0 Å². The van der Waals surface area contributed by atoms with Crippen LogP contribution in [0.1, 0.15) is 48.7 Å². The molecule has 0 bridgehead atoms. The highest BCUT2D eigenvalue weighted by atomic mass is 32.1.